The van der Waals surface area contributed by atoms with Crippen molar-refractivity contribution >= 4 is 11.7 Å². The highest BCUT2D eigenvalue weighted by Crippen LogP contribution is 2.23. The molecule has 2 aliphatic rings. The first-order valence-electron chi connectivity index (χ1n) is 9.42. The van der Waals surface area contributed by atoms with Gasteiger partial charge in [0.2, 0.25) is 0 Å². The van der Waals surface area contributed by atoms with Gasteiger partial charge in [-0.1, -0.05) is 6.07 Å². The maximum atomic E-state index is 12.6. The minimum Gasteiger partial charge on any atom is -0.372 e. The smallest absolute Gasteiger partial charge is 0.252 e. The molecule has 0 aliphatic carbocycles. The first-order valence-corrected chi connectivity index (χ1v) is 9.42. The zero-order chi connectivity index (χ0) is 18.6. The number of carbonyl (C=O) groups is 1. The molecule has 144 valence electrons. The molecule has 0 spiro atoms. The number of pyridine rings is 1. The minimum absolute atomic E-state index is 0.0404. The first kappa shape index (κ1) is 19.1. The Hall–Kier alpha value is -1.70. The van der Waals surface area contributed by atoms with E-state index in [9.17, 15) is 4.79 Å². The Balaban J connectivity index is 1.56. The van der Waals surface area contributed by atoms with Crippen molar-refractivity contribution in [3.8, 4) is 0 Å². The molecule has 2 fully saturated rings. The summed E-state index contributed by atoms with van der Waals surface area (Å²) in [5, 5.41) is 6.27. The molecule has 7 nitrogen and oxygen atoms in total. The Labute approximate surface area is 155 Å². The van der Waals surface area contributed by atoms with Gasteiger partial charge >= 0.3 is 0 Å². The van der Waals surface area contributed by atoms with Gasteiger partial charge in [-0.2, -0.15) is 0 Å². The normalized spacial score (nSPS) is 25.7. The summed E-state index contributed by atoms with van der Waals surface area (Å²) in [6.07, 6.45) is 3.63. The number of carbonyl (C=O) groups excluding carboxylic acids is 1. The maximum absolute atomic E-state index is 12.6. The molecule has 0 bridgehead atoms. The van der Waals surface area contributed by atoms with E-state index in [0.717, 1.165) is 37.6 Å². The van der Waals surface area contributed by atoms with Crippen LogP contribution in [0.5, 0.6) is 0 Å². The van der Waals surface area contributed by atoms with E-state index in [0.29, 0.717) is 19.4 Å². The summed E-state index contributed by atoms with van der Waals surface area (Å²) in [6.45, 7) is 7.91. The highest BCUT2D eigenvalue weighted by Gasteiger charge is 2.39. The Morgan fingerprint density at radius 2 is 2.04 bits per heavy atom. The van der Waals surface area contributed by atoms with Gasteiger partial charge in [-0.05, 0) is 51.4 Å². The van der Waals surface area contributed by atoms with Crippen molar-refractivity contribution in [1.29, 1.82) is 0 Å². The van der Waals surface area contributed by atoms with E-state index < -0.39 is 5.60 Å². The summed E-state index contributed by atoms with van der Waals surface area (Å²) in [5.74, 6) is 0.912. The van der Waals surface area contributed by atoms with Gasteiger partial charge in [-0.15, -0.1) is 0 Å². The number of aromatic nitrogens is 1. The van der Waals surface area contributed by atoms with Crippen LogP contribution in [0.25, 0.3) is 0 Å². The van der Waals surface area contributed by atoms with E-state index in [1.165, 1.54) is 0 Å². The summed E-state index contributed by atoms with van der Waals surface area (Å²) in [7, 11) is 1.62. The summed E-state index contributed by atoms with van der Waals surface area (Å²) in [6, 6.07) is 4.04. The molecule has 2 N–H and O–H groups in total. The van der Waals surface area contributed by atoms with Crippen LogP contribution in [0.4, 0.5) is 5.82 Å². The molecule has 1 aromatic heterocycles. The molecular formula is C19H30N4O3. The zero-order valence-electron chi connectivity index (χ0n) is 16.0. The van der Waals surface area contributed by atoms with Crippen LogP contribution >= 0.6 is 0 Å². The number of hydrogen-bond donors (Lipinski definition) is 2. The molecule has 0 aromatic carbocycles. The molecule has 0 saturated carbocycles. The second kappa shape index (κ2) is 8.33. The molecule has 26 heavy (non-hydrogen) atoms. The van der Waals surface area contributed by atoms with Crippen molar-refractivity contribution in [2.24, 2.45) is 0 Å². The summed E-state index contributed by atoms with van der Waals surface area (Å²) in [4.78, 5) is 19.4. The molecule has 1 amide bonds. The highest BCUT2D eigenvalue weighted by atomic mass is 16.5. The van der Waals surface area contributed by atoms with Crippen LogP contribution < -0.4 is 15.5 Å². The summed E-state index contributed by atoms with van der Waals surface area (Å²) < 4.78 is 11.3. The molecule has 2 unspecified atom stereocenters. The standard InChI is InChI=1S/C19H30N4O3/c1-14-12-23(13-15(2)26-14)17-5-4-16(10-21-17)11-22-18(24)19(25-3)6-8-20-9-7-19/h4-5,10,14-15,20H,6-9,11-13H2,1-3H3,(H,22,24). The third-order valence-corrected chi connectivity index (χ3v) is 5.22. The molecule has 1 aromatic rings. The third-order valence-electron chi connectivity index (χ3n) is 5.22. The van der Waals surface area contributed by atoms with Crippen molar-refractivity contribution in [3.63, 3.8) is 0 Å². The van der Waals surface area contributed by atoms with Crippen molar-refractivity contribution in [3.05, 3.63) is 23.9 Å². The lowest BCUT2D eigenvalue weighted by Crippen LogP contribution is -2.53. The molecule has 2 atom stereocenters. The van der Waals surface area contributed by atoms with Gasteiger partial charge in [0.05, 0.1) is 12.2 Å². The first-order chi connectivity index (χ1) is 12.5. The van der Waals surface area contributed by atoms with E-state index in [-0.39, 0.29) is 18.1 Å². The largest absolute Gasteiger partial charge is 0.372 e. The fraction of sp³-hybridized carbons (Fsp3) is 0.684. The van der Waals surface area contributed by atoms with Crippen LogP contribution in [0.15, 0.2) is 18.3 Å². The second-order valence-corrected chi connectivity index (χ2v) is 7.32. The predicted molar refractivity (Wildman–Crippen MR) is 100 cm³/mol. The van der Waals surface area contributed by atoms with Gasteiger partial charge in [0.25, 0.3) is 5.91 Å². The van der Waals surface area contributed by atoms with Crippen molar-refractivity contribution < 1.29 is 14.3 Å². The Kier molecular flexibility index (Phi) is 6.11. The van der Waals surface area contributed by atoms with E-state index in [2.05, 4.69) is 34.4 Å². The second-order valence-electron chi connectivity index (χ2n) is 7.32. The number of rotatable bonds is 5. The van der Waals surface area contributed by atoms with E-state index in [1.807, 2.05) is 18.3 Å². The SMILES string of the molecule is COC1(C(=O)NCc2ccc(N3CC(C)OC(C)C3)nc2)CCNCC1. The van der Waals surface area contributed by atoms with Crippen LogP contribution in [0, 0.1) is 0 Å². The van der Waals surface area contributed by atoms with E-state index >= 15 is 0 Å². The number of anilines is 1. The van der Waals surface area contributed by atoms with Gasteiger partial charge < -0.3 is 25.0 Å². The average molecular weight is 362 g/mol. The summed E-state index contributed by atoms with van der Waals surface area (Å²) in [5.41, 5.74) is 0.273. The number of ether oxygens (including phenoxy) is 2. The quantitative estimate of drug-likeness (QED) is 0.816. The van der Waals surface area contributed by atoms with E-state index in [1.54, 1.807) is 7.11 Å². The highest BCUT2D eigenvalue weighted by molar-refractivity contribution is 5.85. The van der Waals surface area contributed by atoms with Crippen LogP contribution in [-0.4, -0.2) is 62.0 Å². The molecule has 2 saturated heterocycles. The van der Waals surface area contributed by atoms with Gasteiger partial charge in [-0.25, -0.2) is 4.98 Å². The number of methoxy groups -OCH3 is 1. The lowest BCUT2D eigenvalue weighted by atomic mass is 9.91. The minimum atomic E-state index is -0.710. The van der Waals surface area contributed by atoms with Gasteiger partial charge in [0.1, 0.15) is 11.4 Å². The third kappa shape index (κ3) is 4.34. The van der Waals surface area contributed by atoms with Crippen LogP contribution in [0.1, 0.15) is 32.3 Å². The molecule has 7 heteroatoms. The maximum Gasteiger partial charge on any atom is 0.252 e. The molecule has 2 aliphatic heterocycles. The van der Waals surface area contributed by atoms with E-state index in [4.69, 9.17) is 9.47 Å². The van der Waals surface area contributed by atoms with Crippen LogP contribution in [-0.2, 0) is 20.8 Å². The lowest BCUT2D eigenvalue weighted by Gasteiger charge is -2.36. The van der Waals surface area contributed by atoms with Gasteiger partial charge in [-0.3, -0.25) is 4.79 Å². The number of hydrogen-bond acceptors (Lipinski definition) is 6. The van der Waals surface area contributed by atoms with Crippen LogP contribution in [0.3, 0.4) is 0 Å². The van der Waals surface area contributed by atoms with Crippen molar-refractivity contribution in [1.82, 2.24) is 15.6 Å². The number of nitrogens with zero attached hydrogens (tertiary/aromatic N) is 2. The topological polar surface area (TPSA) is 75.7 Å². The average Bonchev–Trinajstić information content (AvgIpc) is 2.66. The Morgan fingerprint density at radius 3 is 2.62 bits per heavy atom. The fourth-order valence-electron chi connectivity index (χ4n) is 3.77. The van der Waals surface area contributed by atoms with Crippen LogP contribution in [0.2, 0.25) is 0 Å². The monoisotopic (exact) mass is 362 g/mol. The lowest BCUT2D eigenvalue weighted by molar-refractivity contribution is -0.146. The number of piperidine rings is 1. The molecule has 0 radical (unpaired) electrons. The molecule has 3 rings (SSSR count). The van der Waals surface area contributed by atoms with Crippen molar-refractivity contribution in [2.75, 3.05) is 38.2 Å². The number of morpholine rings is 1. The number of nitrogens with one attached hydrogen (secondary N) is 2. The Bertz CT molecular complexity index is 591. The van der Waals surface area contributed by atoms with Gasteiger partial charge in [0.15, 0.2) is 0 Å². The van der Waals surface area contributed by atoms with Gasteiger partial charge in [0, 0.05) is 32.9 Å². The fourth-order valence-corrected chi connectivity index (χ4v) is 3.77. The number of amides is 1. The summed E-state index contributed by atoms with van der Waals surface area (Å²) >= 11 is 0. The molecular weight excluding hydrogens is 332 g/mol. The molecule has 3 heterocycles. The Morgan fingerprint density at radius 1 is 1.35 bits per heavy atom. The van der Waals surface area contributed by atoms with Crippen molar-refractivity contribution in [2.45, 2.75) is 51.0 Å². The zero-order valence-corrected chi connectivity index (χ0v) is 16.0. The predicted octanol–water partition coefficient (Wildman–Crippen LogP) is 1.08.